The van der Waals surface area contributed by atoms with Crippen molar-refractivity contribution < 1.29 is 9.84 Å². The van der Waals surface area contributed by atoms with Crippen LogP contribution in [0.4, 0.5) is 0 Å². The first-order valence-corrected chi connectivity index (χ1v) is 7.49. The van der Waals surface area contributed by atoms with Crippen molar-refractivity contribution in [1.29, 1.82) is 0 Å². The summed E-state index contributed by atoms with van der Waals surface area (Å²) < 4.78 is 6.34. The van der Waals surface area contributed by atoms with Crippen molar-refractivity contribution >= 4 is 27.5 Å². The number of rotatable bonds is 5. The van der Waals surface area contributed by atoms with Gasteiger partial charge in [0.1, 0.15) is 11.9 Å². The number of aliphatic hydroxyl groups excluding tert-OH is 1. The average molecular weight is 357 g/mol. The summed E-state index contributed by atoms with van der Waals surface area (Å²) in [4.78, 5) is 4.10. The highest BCUT2D eigenvalue weighted by Crippen LogP contribution is 2.29. The topological polar surface area (TPSA) is 42.4 Å². The molecule has 0 aliphatic carbocycles. The van der Waals surface area contributed by atoms with Gasteiger partial charge in [-0.15, -0.1) is 0 Å². The number of benzene rings is 1. The quantitative estimate of drug-likeness (QED) is 0.865. The maximum Gasteiger partial charge on any atom is 0.137 e. The molecule has 20 heavy (non-hydrogen) atoms. The summed E-state index contributed by atoms with van der Waals surface area (Å²) in [5.41, 5.74) is 1.38. The van der Waals surface area contributed by atoms with E-state index in [0.29, 0.717) is 28.5 Å². The van der Waals surface area contributed by atoms with Gasteiger partial charge in [-0.3, -0.25) is 4.98 Å². The second kappa shape index (κ2) is 7.07. The third kappa shape index (κ3) is 3.95. The smallest absolute Gasteiger partial charge is 0.137 e. The molecule has 0 aliphatic heterocycles. The molecule has 1 heterocycles. The molecule has 1 aromatic carbocycles. The van der Waals surface area contributed by atoms with Crippen LogP contribution >= 0.6 is 27.5 Å². The molecule has 2 aromatic rings. The number of hydrogen-bond donors (Lipinski definition) is 1. The minimum atomic E-state index is -0.789. The van der Waals surface area contributed by atoms with Gasteiger partial charge in [0.25, 0.3) is 0 Å². The van der Waals surface area contributed by atoms with Gasteiger partial charge in [-0.2, -0.15) is 0 Å². The zero-order valence-corrected chi connectivity index (χ0v) is 13.4. The number of hydrogen-bond acceptors (Lipinski definition) is 3. The Morgan fingerprint density at radius 1 is 1.25 bits per heavy atom. The van der Waals surface area contributed by atoms with E-state index in [1.165, 1.54) is 0 Å². The summed E-state index contributed by atoms with van der Waals surface area (Å²) >= 11 is 9.37. The summed E-state index contributed by atoms with van der Waals surface area (Å²) in [5.74, 6) is 0.657. The molecule has 0 saturated heterocycles. The zero-order chi connectivity index (χ0) is 14.5. The molecule has 0 spiro atoms. The number of aromatic nitrogens is 1. The van der Waals surface area contributed by atoms with Gasteiger partial charge in [0.05, 0.1) is 12.8 Å². The molecular formula is C15H15BrClNO2. The predicted molar refractivity (Wildman–Crippen MR) is 83.2 cm³/mol. The molecule has 0 amide bonds. The van der Waals surface area contributed by atoms with Gasteiger partial charge in [-0.1, -0.05) is 34.5 Å². The van der Waals surface area contributed by atoms with E-state index in [0.717, 1.165) is 10.9 Å². The van der Waals surface area contributed by atoms with Crippen molar-refractivity contribution in [3.05, 3.63) is 57.3 Å². The lowest BCUT2D eigenvalue weighted by atomic mass is 10.0. The molecule has 2 rings (SSSR count). The number of halogens is 2. The van der Waals surface area contributed by atoms with Crippen LogP contribution in [0.25, 0.3) is 0 Å². The summed E-state index contributed by atoms with van der Waals surface area (Å²) in [7, 11) is 0. The van der Waals surface area contributed by atoms with Crippen LogP contribution in [-0.2, 0) is 0 Å². The van der Waals surface area contributed by atoms with Gasteiger partial charge in [0.15, 0.2) is 0 Å². The summed E-state index contributed by atoms with van der Waals surface area (Å²) in [6.45, 7) is 2.67. The van der Waals surface area contributed by atoms with Crippen molar-refractivity contribution in [2.24, 2.45) is 0 Å². The second-order valence-corrected chi connectivity index (χ2v) is 5.76. The number of nitrogens with zero attached hydrogens (tertiary/aromatic N) is 1. The van der Waals surface area contributed by atoms with Crippen LogP contribution in [-0.4, -0.2) is 16.7 Å². The highest BCUT2D eigenvalue weighted by Gasteiger charge is 2.13. The molecule has 3 nitrogen and oxygen atoms in total. The maximum atomic E-state index is 10.4. The van der Waals surface area contributed by atoms with Crippen LogP contribution in [0.3, 0.4) is 0 Å². The molecule has 0 fully saturated rings. The standard InChI is InChI=1S/C15H15BrClNO2/c1-2-3-20-14-6-11(8-18-9-14)15(19)10-4-12(16)7-13(17)5-10/h4-9,15,19H,2-3H2,1H3. The van der Waals surface area contributed by atoms with Gasteiger partial charge in [0, 0.05) is 21.3 Å². The molecule has 1 unspecified atom stereocenters. The lowest BCUT2D eigenvalue weighted by Crippen LogP contribution is -2.02. The first-order valence-electron chi connectivity index (χ1n) is 6.32. The largest absolute Gasteiger partial charge is 0.492 e. The normalized spacial score (nSPS) is 12.2. The van der Waals surface area contributed by atoms with Gasteiger partial charge >= 0.3 is 0 Å². The summed E-state index contributed by atoms with van der Waals surface area (Å²) in [6, 6.07) is 7.13. The molecule has 0 bridgehead atoms. The van der Waals surface area contributed by atoms with E-state index in [1.54, 1.807) is 30.6 Å². The Morgan fingerprint density at radius 3 is 2.75 bits per heavy atom. The van der Waals surface area contributed by atoms with Crippen LogP contribution in [0, 0.1) is 0 Å². The van der Waals surface area contributed by atoms with Crippen LogP contribution in [0.5, 0.6) is 5.75 Å². The Bertz CT molecular complexity index is 572. The predicted octanol–water partition coefficient (Wildman–Crippen LogP) is 4.37. The van der Waals surface area contributed by atoms with Crippen molar-refractivity contribution in [3.63, 3.8) is 0 Å². The summed E-state index contributed by atoms with van der Waals surface area (Å²) in [5, 5.41) is 11.0. The van der Waals surface area contributed by atoms with Crippen LogP contribution < -0.4 is 4.74 Å². The highest BCUT2D eigenvalue weighted by molar-refractivity contribution is 9.10. The lowest BCUT2D eigenvalue weighted by molar-refractivity contribution is 0.218. The number of pyridine rings is 1. The van der Waals surface area contributed by atoms with Crippen LogP contribution in [0.15, 0.2) is 41.1 Å². The van der Waals surface area contributed by atoms with E-state index in [9.17, 15) is 5.11 Å². The molecule has 1 atom stereocenters. The van der Waals surface area contributed by atoms with Gasteiger partial charge in [-0.25, -0.2) is 0 Å². The molecule has 1 N–H and O–H groups in total. The van der Waals surface area contributed by atoms with Gasteiger partial charge in [0.2, 0.25) is 0 Å². The minimum Gasteiger partial charge on any atom is -0.492 e. The molecule has 5 heteroatoms. The molecular weight excluding hydrogens is 342 g/mol. The Morgan fingerprint density at radius 2 is 2.05 bits per heavy atom. The van der Waals surface area contributed by atoms with Crippen LogP contribution in [0.2, 0.25) is 5.02 Å². The zero-order valence-electron chi connectivity index (χ0n) is 11.0. The number of aliphatic hydroxyl groups is 1. The Labute approximate surface area is 131 Å². The first kappa shape index (κ1) is 15.3. The van der Waals surface area contributed by atoms with Crippen molar-refractivity contribution in [1.82, 2.24) is 4.98 Å². The monoisotopic (exact) mass is 355 g/mol. The van der Waals surface area contributed by atoms with E-state index < -0.39 is 6.10 Å². The van der Waals surface area contributed by atoms with Crippen LogP contribution in [0.1, 0.15) is 30.6 Å². The van der Waals surface area contributed by atoms with Crippen molar-refractivity contribution in [2.75, 3.05) is 6.61 Å². The minimum absolute atomic E-state index is 0.569. The van der Waals surface area contributed by atoms with E-state index >= 15 is 0 Å². The van der Waals surface area contributed by atoms with E-state index in [1.807, 2.05) is 13.0 Å². The van der Waals surface area contributed by atoms with Crippen molar-refractivity contribution in [3.8, 4) is 5.75 Å². The third-order valence-electron chi connectivity index (χ3n) is 2.72. The molecule has 0 aliphatic rings. The first-order chi connectivity index (χ1) is 9.60. The fourth-order valence-electron chi connectivity index (χ4n) is 1.81. The third-order valence-corrected chi connectivity index (χ3v) is 3.40. The fraction of sp³-hybridized carbons (Fsp3) is 0.267. The average Bonchev–Trinajstić information content (AvgIpc) is 2.43. The fourth-order valence-corrected chi connectivity index (χ4v) is 2.70. The van der Waals surface area contributed by atoms with Crippen molar-refractivity contribution in [2.45, 2.75) is 19.4 Å². The molecule has 106 valence electrons. The highest BCUT2D eigenvalue weighted by atomic mass is 79.9. The van der Waals surface area contributed by atoms with E-state index in [-0.39, 0.29) is 0 Å². The van der Waals surface area contributed by atoms with Gasteiger partial charge < -0.3 is 9.84 Å². The Balaban J connectivity index is 2.25. The summed E-state index contributed by atoms with van der Waals surface area (Å²) in [6.07, 6.45) is 3.40. The lowest BCUT2D eigenvalue weighted by Gasteiger charge is -2.13. The molecule has 1 aromatic heterocycles. The maximum absolute atomic E-state index is 10.4. The SMILES string of the molecule is CCCOc1cncc(C(O)c2cc(Cl)cc(Br)c2)c1. The van der Waals surface area contributed by atoms with Gasteiger partial charge in [-0.05, 0) is 36.2 Å². The second-order valence-electron chi connectivity index (χ2n) is 4.41. The molecule has 0 radical (unpaired) electrons. The van der Waals surface area contributed by atoms with E-state index in [4.69, 9.17) is 16.3 Å². The van der Waals surface area contributed by atoms with E-state index in [2.05, 4.69) is 20.9 Å². The Hall–Kier alpha value is -1.10. The Kier molecular flexibility index (Phi) is 5.40. The molecule has 0 saturated carbocycles. The number of ether oxygens (including phenoxy) is 1.